The molecular weight excluding hydrogens is 502 g/mol. The highest BCUT2D eigenvalue weighted by molar-refractivity contribution is 7.97. The predicted octanol–water partition coefficient (Wildman–Crippen LogP) is 6.71. The lowest BCUT2D eigenvalue weighted by Gasteiger charge is -2.38. The van der Waals surface area contributed by atoms with Crippen LogP contribution in [0.2, 0.25) is 0 Å². The quantitative estimate of drug-likeness (QED) is 0.251. The van der Waals surface area contributed by atoms with Crippen molar-refractivity contribution in [2.24, 2.45) is 5.92 Å². The molecule has 2 fully saturated rings. The molecule has 1 amide bonds. The number of ether oxygens (including phenoxy) is 1. The zero-order valence-corrected chi connectivity index (χ0v) is 24.1. The Morgan fingerprint density at radius 1 is 0.949 bits per heavy atom. The molecular formula is C33H41N3O2S. The fourth-order valence-electron chi connectivity index (χ4n) is 6.18. The molecule has 1 saturated heterocycles. The Hall–Kier alpha value is -2.80. The van der Waals surface area contributed by atoms with Crippen molar-refractivity contribution in [3.63, 3.8) is 0 Å². The lowest BCUT2D eigenvalue weighted by atomic mass is 9.92. The van der Waals surface area contributed by atoms with Gasteiger partial charge < -0.3 is 14.5 Å². The van der Waals surface area contributed by atoms with Gasteiger partial charge in [0.2, 0.25) is 0 Å². The van der Waals surface area contributed by atoms with E-state index in [2.05, 4.69) is 83.8 Å². The van der Waals surface area contributed by atoms with Gasteiger partial charge in [-0.1, -0.05) is 78.9 Å². The summed E-state index contributed by atoms with van der Waals surface area (Å²) in [7, 11) is 2.22. The van der Waals surface area contributed by atoms with Crippen LogP contribution < -0.4 is 0 Å². The van der Waals surface area contributed by atoms with Gasteiger partial charge in [-0.15, -0.1) is 0 Å². The van der Waals surface area contributed by atoms with E-state index in [1.54, 1.807) is 0 Å². The minimum Gasteiger partial charge on any atom is -0.445 e. The van der Waals surface area contributed by atoms with Crippen molar-refractivity contribution in [3.05, 3.63) is 102 Å². The molecule has 1 saturated carbocycles. The van der Waals surface area contributed by atoms with Gasteiger partial charge in [-0.05, 0) is 74.4 Å². The number of carbonyl (C=O) groups excluding carboxylic acids is 1. The number of nitrogens with zero attached hydrogens (tertiary/aromatic N) is 3. The largest absolute Gasteiger partial charge is 0.445 e. The summed E-state index contributed by atoms with van der Waals surface area (Å²) < 4.78 is 8.07. The van der Waals surface area contributed by atoms with Gasteiger partial charge in [-0.25, -0.2) is 9.10 Å². The molecule has 0 spiro atoms. The Balaban J connectivity index is 1.15. The molecule has 39 heavy (non-hydrogen) atoms. The van der Waals surface area contributed by atoms with Crippen LogP contribution in [0.3, 0.4) is 0 Å². The van der Waals surface area contributed by atoms with Crippen LogP contribution in [0.4, 0.5) is 4.79 Å². The van der Waals surface area contributed by atoms with Crippen molar-refractivity contribution in [1.29, 1.82) is 0 Å². The fraction of sp³-hybridized carbons (Fsp3) is 0.424. The summed E-state index contributed by atoms with van der Waals surface area (Å²) in [5.74, 6) is 0.647. The normalized spacial score (nSPS) is 21.6. The molecule has 0 bridgehead atoms. The lowest BCUT2D eigenvalue weighted by Crippen LogP contribution is -2.48. The van der Waals surface area contributed by atoms with Crippen LogP contribution in [0.15, 0.2) is 95.9 Å². The van der Waals surface area contributed by atoms with Gasteiger partial charge in [0.15, 0.2) is 0 Å². The van der Waals surface area contributed by atoms with Crippen LogP contribution in [0, 0.1) is 5.92 Å². The van der Waals surface area contributed by atoms with Crippen molar-refractivity contribution >= 4 is 18.0 Å². The maximum Gasteiger partial charge on any atom is 0.410 e. The van der Waals surface area contributed by atoms with Crippen molar-refractivity contribution in [1.82, 2.24) is 14.1 Å². The average Bonchev–Trinajstić information content (AvgIpc) is 3.67. The number of benzene rings is 3. The summed E-state index contributed by atoms with van der Waals surface area (Å²) in [5.41, 5.74) is 2.69. The van der Waals surface area contributed by atoms with E-state index in [-0.39, 0.29) is 17.6 Å². The van der Waals surface area contributed by atoms with E-state index in [9.17, 15) is 4.79 Å². The number of likely N-dealkylation sites (N-methyl/N-ethyl adjacent to an activating group) is 1. The molecule has 2 aliphatic rings. The number of likely N-dealkylation sites (tertiary alicyclic amines) is 1. The molecule has 1 heterocycles. The van der Waals surface area contributed by atoms with Crippen LogP contribution in [-0.4, -0.2) is 66.0 Å². The highest BCUT2D eigenvalue weighted by Gasteiger charge is 2.56. The van der Waals surface area contributed by atoms with Crippen molar-refractivity contribution in [3.8, 4) is 0 Å². The Kier molecular flexibility index (Phi) is 9.28. The van der Waals surface area contributed by atoms with Gasteiger partial charge in [-0.3, -0.25) is 0 Å². The summed E-state index contributed by atoms with van der Waals surface area (Å²) >= 11 is 1.83. The Morgan fingerprint density at radius 2 is 1.56 bits per heavy atom. The molecule has 0 radical (unpaired) electrons. The zero-order chi connectivity index (χ0) is 27.1. The van der Waals surface area contributed by atoms with E-state index in [4.69, 9.17) is 4.74 Å². The van der Waals surface area contributed by atoms with E-state index in [0.717, 1.165) is 44.6 Å². The summed E-state index contributed by atoms with van der Waals surface area (Å²) in [6, 6.07) is 31.9. The van der Waals surface area contributed by atoms with Crippen LogP contribution in [0.5, 0.6) is 0 Å². The first-order chi connectivity index (χ1) is 19.1. The molecule has 1 aliphatic heterocycles. The monoisotopic (exact) mass is 543 g/mol. The molecule has 5 nitrogen and oxygen atoms in total. The summed E-state index contributed by atoms with van der Waals surface area (Å²) in [6.07, 6.45) is 3.04. The standard InChI is InChI=1S/C33H41N3O2S/c1-3-36(32(37)38-25-27-13-7-4-8-14-27)30-19-21-35(22-20-30)24-29-23-33(29,28-15-9-5-10-16-28)26-34(2)39-31-17-11-6-12-18-31/h4-18,29-30H,3,19-26H2,1-2H3. The molecule has 1 aliphatic carbocycles. The summed E-state index contributed by atoms with van der Waals surface area (Å²) in [4.78, 5) is 18.7. The van der Waals surface area contributed by atoms with E-state index >= 15 is 0 Å². The second-order valence-electron chi connectivity index (χ2n) is 11.0. The first-order valence-electron chi connectivity index (χ1n) is 14.3. The third kappa shape index (κ3) is 7.05. The van der Waals surface area contributed by atoms with Crippen LogP contribution in [0.25, 0.3) is 0 Å². The number of hydrogen-bond donors (Lipinski definition) is 0. The molecule has 3 aromatic carbocycles. The average molecular weight is 544 g/mol. The van der Waals surface area contributed by atoms with E-state index in [1.807, 2.05) is 47.2 Å². The smallest absolute Gasteiger partial charge is 0.410 e. The highest BCUT2D eigenvalue weighted by atomic mass is 32.2. The zero-order valence-electron chi connectivity index (χ0n) is 23.2. The minimum absolute atomic E-state index is 0.191. The fourth-order valence-corrected chi connectivity index (χ4v) is 7.12. The molecule has 2 atom stereocenters. The second-order valence-corrected chi connectivity index (χ2v) is 12.2. The first-order valence-corrected chi connectivity index (χ1v) is 15.0. The topological polar surface area (TPSA) is 36.0 Å². The van der Waals surface area contributed by atoms with E-state index in [0.29, 0.717) is 19.1 Å². The summed E-state index contributed by atoms with van der Waals surface area (Å²) in [6.45, 7) is 7.29. The van der Waals surface area contributed by atoms with Crippen molar-refractivity contribution in [2.75, 3.05) is 39.8 Å². The Morgan fingerprint density at radius 3 is 2.21 bits per heavy atom. The number of piperidine rings is 1. The Labute approximate surface area is 238 Å². The second kappa shape index (κ2) is 13.0. The number of rotatable bonds is 11. The van der Waals surface area contributed by atoms with Gasteiger partial charge >= 0.3 is 6.09 Å². The Bertz CT molecular complexity index is 1170. The lowest BCUT2D eigenvalue weighted by molar-refractivity contribution is 0.0620. The predicted molar refractivity (Wildman–Crippen MR) is 160 cm³/mol. The van der Waals surface area contributed by atoms with Gasteiger partial charge in [0.1, 0.15) is 6.61 Å². The molecule has 2 unspecified atom stereocenters. The SMILES string of the molecule is CCN(C(=O)OCc1ccccc1)C1CCN(CC2CC2(CN(C)Sc2ccccc2)c2ccccc2)CC1. The van der Waals surface area contributed by atoms with Gasteiger partial charge in [-0.2, -0.15) is 0 Å². The van der Waals surface area contributed by atoms with Crippen LogP contribution >= 0.6 is 11.9 Å². The maximum atomic E-state index is 12.9. The van der Waals surface area contributed by atoms with Crippen molar-refractivity contribution < 1.29 is 9.53 Å². The third-order valence-corrected chi connectivity index (χ3v) is 9.27. The third-order valence-electron chi connectivity index (χ3n) is 8.35. The summed E-state index contributed by atoms with van der Waals surface area (Å²) in [5, 5.41) is 0. The molecule has 3 aromatic rings. The van der Waals surface area contributed by atoms with Crippen LogP contribution in [-0.2, 0) is 16.8 Å². The molecule has 0 aromatic heterocycles. The first kappa shape index (κ1) is 27.8. The molecule has 5 rings (SSSR count). The minimum atomic E-state index is -0.191. The number of amides is 1. The van der Waals surface area contributed by atoms with E-state index in [1.165, 1.54) is 16.9 Å². The number of hydrogen-bond acceptors (Lipinski definition) is 5. The van der Waals surface area contributed by atoms with Crippen molar-refractivity contribution in [2.45, 2.75) is 49.1 Å². The van der Waals surface area contributed by atoms with Gasteiger partial charge in [0.25, 0.3) is 0 Å². The molecule has 6 heteroatoms. The maximum absolute atomic E-state index is 12.9. The van der Waals surface area contributed by atoms with Gasteiger partial charge in [0.05, 0.1) is 0 Å². The van der Waals surface area contributed by atoms with Crippen LogP contribution in [0.1, 0.15) is 37.3 Å². The molecule has 206 valence electrons. The number of carbonyl (C=O) groups is 1. The van der Waals surface area contributed by atoms with Gasteiger partial charge in [0, 0.05) is 49.1 Å². The highest BCUT2D eigenvalue weighted by Crippen LogP contribution is 2.55. The molecule has 0 N–H and O–H groups in total. The van der Waals surface area contributed by atoms with E-state index < -0.39 is 0 Å².